The van der Waals surface area contributed by atoms with Gasteiger partial charge in [-0.1, -0.05) is 0 Å². The van der Waals surface area contributed by atoms with E-state index < -0.39 is 5.60 Å². The monoisotopic (exact) mass is 328 g/mol. The van der Waals surface area contributed by atoms with E-state index in [4.69, 9.17) is 9.47 Å². The predicted molar refractivity (Wildman–Crippen MR) is 90.1 cm³/mol. The normalized spacial score (nSPS) is 16.5. The third-order valence-electron chi connectivity index (χ3n) is 3.97. The molecular formula is C16H25ClN2O3. The van der Waals surface area contributed by atoms with Crippen LogP contribution in [0.4, 0.5) is 5.69 Å². The lowest BCUT2D eigenvalue weighted by Gasteiger charge is -2.34. The van der Waals surface area contributed by atoms with E-state index in [1.54, 1.807) is 7.11 Å². The van der Waals surface area contributed by atoms with Gasteiger partial charge in [0.1, 0.15) is 11.4 Å². The summed E-state index contributed by atoms with van der Waals surface area (Å²) in [6.07, 6.45) is 1.37. The van der Waals surface area contributed by atoms with Crippen molar-refractivity contribution in [2.75, 3.05) is 32.1 Å². The fraction of sp³-hybridized carbons (Fsp3) is 0.562. The van der Waals surface area contributed by atoms with Gasteiger partial charge in [-0.3, -0.25) is 4.79 Å². The molecule has 0 unspecified atom stereocenters. The molecule has 1 aromatic carbocycles. The number of benzene rings is 1. The van der Waals surface area contributed by atoms with Gasteiger partial charge >= 0.3 is 0 Å². The first-order valence-corrected chi connectivity index (χ1v) is 7.42. The van der Waals surface area contributed by atoms with Crippen LogP contribution in [0.2, 0.25) is 0 Å². The fourth-order valence-electron chi connectivity index (χ4n) is 2.62. The lowest BCUT2D eigenvalue weighted by Crippen LogP contribution is -2.51. The van der Waals surface area contributed by atoms with Gasteiger partial charge in [0, 0.05) is 12.8 Å². The van der Waals surface area contributed by atoms with Crippen molar-refractivity contribution in [3.05, 3.63) is 23.8 Å². The van der Waals surface area contributed by atoms with Crippen molar-refractivity contribution in [3.63, 3.8) is 0 Å². The van der Waals surface area contributed by atoms with E-state index in [1.807, 2.05) is 32.0 Å². The Balaban J connectivity index is 0.00000242. The van der Waals surface area contributed by atoms with Crippen LogP contribution in [0.5, 0.6) is 5.75 Å². The van der Waals surface area contributed by atoms with Crippen molar-refractivity contribution >= 4 is 24.0 Å². The third-order valence-corrected chi connectivity index (χ3v) is 3.97. The zero-order valence-electron chi connectivity index (χ0n) is 13.4. The first-order chi connectivity index (χ1) is 10.1. The Morgan fingerprint density at radius 3 is 2.59 bits per heavy atom. The van der Waals surface area contributed by atoms with Crippen molar-refractivity contribution in [1.82, 2.24) is 5.32 Å². The molecule has 0 bridgehead atoms. The highest BCUT2D eigenvalue weighted by molar-refractivity contribution is 5.98. The van der Waals surface area contributed by atoms with Crippen LogP contribution in [-0.2, 0) is 9.53 Å². The second-order valence-corrected chi connectivity index (χ2v) is 5.31. The molecule has 1 fully saturated rings. The molecule has 1 aliphatic heterocycles. The van der Waals surface area contributed by atoms with Crippen molar-refractivity contribution in [2.24, 2.45) is 0 Å². The van der Waals surface area contributed by atoms with Gasteiger partial charge in [0.2, 0.25) is 0 Å². The summed E-state index contributed by atoms with van der Waals surface area (Å²) < 4.78 is 11.0. The summed E-state index contributed by atoms with van der Waals surface area (Å²) in [7, 11) is 1.61. The van der Waals surface area contributed by atoms with Crippen LogP contribution in [0, 0.1) is 6.92 Å². The molecule has 0 radical (unpaired) electrons. The molecule has 1 saturated heterocycles. The van der Waals surface area contributed by atoms with Crippen LogP contribution in [0.3, 0.4) is 0 Å². The van der Waals surface area contributed by atoms with E-state index >= 15 is 0 Å². The summed E-state index contributed by atoms with van der Waals surface area (Å²) in [6.45, 7) is 6.13. The molecule has 0 atom stereocenters. The molecule has 0 saturated carbocycles. The minimum atomic E-state index is -0.726. The fourth-order valence-corrected chi connectivity index (χ4v) is 2.62. The van der Waals surface area contributed by atoms with E-state index in [0.717, 1.165) is 30.1 Å². The summed E-state index contributed by atoms with van der Waals surface area (Å²) in [5, 5.41) is 6.24. The molecule has 0 aliphatic carbocycles. The SMILES string of the molecule is CCOc1ccc(NC(=O)C2(OC)CCNCC2)c(C)c1.Cl. The molecule has 124 valence electrons. The molecule has 1 aromatic rings. The van der Waals surface area contributed by atoms with Gasteiger partial charge in [0.25, 0.3) is 5.91 Å². The maximum absolute atomic E-state index is 12.6. The molecule has 0 spiro atoms. The molecule has 2 N–H and O–H groups in total. The predicted octanol–water partition coefficient (Wildman–Crippen LogP) is 2.52. The standard InChI is InChI=1S/C16H24N2O3.ClH/c1-4-21-13-5-6-14(12(2)11-13)18-15(19)16(20-3)7-9-17-10-8-16;/h5-6,11,17H,4,7-10H2,1-3H3,(H,18,19);1H. The van der Waals surface area contributed by atoms with Crippen LogP contribution in [0.25, 0.3) is 0 Å². The average molecular weight is 329 g/mol. The van der Waals surface area contributed by atoms with Gasteiger partial charge in [-0.25, -0.2) is 0 Å². The first-order valence-electron chi connectivity index (χ1n) is 7.42. The topological polar surface area (TPSA) is 59.6 Å². The number of carbonyl (C=O) groups is 1. The molecule has 1 aliphatic rings. The second-order valence-electron chi connectivity index (χ2n) is 5.31. The molecule has 6 heteroatoms. The molecule has 22 heavy (non-hydrogen) atoms. The summed E-state index contributed by atoms with van der Waals surface area (Å²) in [6, 6.07) is 5.68. The van der Waals surface area contributed by atoms with Gasteiger partial charge in [-0.2, -0.15) is 0 Å². The van der Waals surface area contributed by atoms with Crippen LogP contribution in [0.15, 0.2) is 18.2 Å². The molecule has 0 aromatic heterocycles. The van der Waals surface area contributed by atoms with E-state index in [9.17, 15) is 4.79 Å². The maximum atomic E-state index is 12.6. The zero-order chi connectivity index (χ0) is 15.3. The first kappa shape index (κ1) is 18.7. The molecule has 2 rings (SSSR count). The lowest BCUT2D eigenvalue weighted by atomic mass is 9.91. The number of aryl methyl sites for hydroxylation is 1. The number of anilines is 1. The van der Waals surface area contributed by atoms with Crippen molar-refractivity contribution < 1.29 is 14.3 Å². The Morgan fingerprint density at radius 2 is 2.05 bits per heavy atom. The van der Waals surface area contributed by atoms with Crippen molar-refractivity contribution in [1.29, 1.82) is 0 Å². The summed E-state index contributed by atoms with van der Waals surface area (Å²) in [5.41, 5.74) is 1.06. The minimum Gasteiger partial charge on any atom is -0.494 e. The van der Waals surface area contributed by atoms with Gasteiger partial charge in [-0.05, 0) is 63.5 Å². The van der Waals surface area contributed by atoms with Gasteiger partial charge in [-0.15, -0.1) is 12.4 Å². The Labute approximate surface area is 138 Å². The summed E-state index contributed by atoms with van der Waals surface area (Å²) in [4.78, 5) is 12.6. The molecule has 5 nitrogen and oxygen atoms in total. The zero-order valence-corrected chi connectivity index (χ0v) is 14.2. The number of rotatable bonds is 5. The van der Waals surface area contributed by atoms with E-state index in [0.29, 0.717) is 19.4 Å². The van der Waals surface area contributed by atoms with Gasteiger partial charge in [0.15, 0.2) is 0 Å². The lowest BCUT2D eigenvalue weighted by molar-refractivity contribution is -0.140. The second kappa shape index (κ2) is 8.36. The number of halogens is 1. The molecular weight excluding hydrogens is 304 g/mol. The van der Waals surface area contributed by atoms with Crippen molar-refractivity contribution in [2.45, 2.75) is 32.3 Å². The number of carbonyl (C=O) groups excluding carboxylic acids is 1. The number of nitrogens with one attached hydrogen (secondary N) is 2. The highest BCUT2D eigenvalue weighted by Gasteiger charge is 2.39. The van der Waals surface area contributed by atoms with Gasteiger partial charge in [0.05, 0.1) is 6.61 Å². The highest BCUT2D eigenvalue weighted by atomic mass is 35.5. The van der Waals surface area contributed by atoms with Crippen LogP contribution in [0.1, 0.15) is 25.3 Å². The Kier molecular flexibility index (Phi) is 7.13. The highest BCUT2D eigenvalue weighted by Crippen LogP contribution is 2.27. The Hall–Kier alpha value is -1.30. The summed E-state index contributed by atoms with van der Waals surface area (Å²) in [5.74, 6) is 0.745. The number of ether oxygens (including phenoxy) is 2. The van der Waals surface area contributed by atoms with E-state index in [1.165, 1.54) is 0 Å². The van der Waals surface area contributed by atoms with Crippen LogP contribution in [-0.4, -0.2) is 38.3 Å². The largest absolute Gasteiger partial charge is 0.494 e. The van der Waals surface area contributed by atoms with Gasteiger partial charge < -0.3 is 20.1 Å². The summed E-state index contributed by atoms with van der Waals surface area (Å²) >= 11 is 0. The quantitative estimate of drug-likeness (QED) is 0.872. The third kappa shape index (κ3) is 4.12. The Morgan fingerprint density at radius 1 is 1.36 bits per heavy atom. The molecule has 1 heterocycles. The van der Waals surface area contributed by atoms with E-state index in [-0.39, 0.29) is 18.3 Å². The Bertz CT molecular complexity index is 502. The number of methoxy groups -OCH3 is 1. The van der Waals surface area contributed by atoms with Crippen LogP contribution >= 0.6 is 12.4 Å². The number of hydrogen-bond donors (Lipinski definition) is 2. The maximum Gasteiger partial charge on any atom is 0.256 e. The number of piperidine rings is 1. The van der Waals surface area contributed by atoms with Crippen molar-refractivity contribution in [3.8, 4) is 5.75 Å². The number of hydrogen-bond acceptors (Lipinski definition) is 4. The van der Waals surface area contributed by atoms with Crippen LogP contribution < -0.4 is 15.4 Å². The smallest absolute Gasteiger partial charge is 0.256 e. The number of amides is 1. The molecule has 1 amide bonds. The minimum absolute atomic E-state index is 0. The van der Waals surface area contributed by atoms with E-state index in [2.05, 4.69) is 10.6 Å². The average Bonchev–Trinajstić information content (AvgIpc) is 2.51.